The highest BCUT2D eigenvalue weighted by atomic mass is 15.1. The molecule has 18 heavy (non-hydrogen) atoms. The van der Waals surface area contributed by atoms with Gasteiger partial charge in [0.1, 0.15) is 5.82 Å². The average Bonchev–Trinajstić information content (AvgIpc) is 2.97. The number of nitrogens with two attached hydrogens (primary N) is 1. The summed E-state index contributed by atoms with van der Waals surface area (Å²) in [4.78, 5) is 4.84. The van der Waals surface area contributed by atoms with Gasteiger partial charge >= 0.3 is 0 Å². The number of aromatic nitrogens is 2. The molecule has 3 nitrogen and oxygen atoms in total. The van der Waals surface area contributed by atoms with E-state index in [2.05, 4.69) is 29.8 Å². The molecule has 4 rings (SSSR count). The van der Waals surface area contributed by atoms with Gasteiger partial charge < -0.3 is 10.3 Å². The molecule has 1 aromatic heterocycles. The second kappa shape index (κ2) is 3.35. The van der Waals surface area contributed by atoms with Crippen LogP contribution in [0.5, 0.6) is 0 Å². The first-order chi connectivity index (χ1) is 8.67. The summed E-state index contributed by atoms with van der Waals surface area (Å²) in [6, 6.07) is 6.57. The van der Waals surface area contributed by atoms with Gasteiger partial charge in [-0.15, -0.1) is 0 Å². The molecule has 0 amide bonds. The lowest BCUT2D eigenvalue weighted by molar-refractivity contribution is 0.395. The van der Waals surface area contributed by atoms with Crippen LogP contribution in [-0.2, 0) is 12.6 Å². The van der Waals surface area contributed by atoms with Crippen molar-refractivity contribution in [1.29, 1.82) is 0 Å². The van der Waals surface area contributed by atoms with Crippen LogP contribution < -0.4 is 5.73 Å². The molecule has 1 heterocycles. The van der Waals surface area contributed by atoms with Crippen molar-refractivity contribution in [3.8, 4) is 0 Å². The molecular weight excluding hydrogens is 222 g/mol. The minimum atomic E-state index is -0.0532. The monoisotopic (exact) mass is 241 g/mol. The van der Waals surface area contributed by atoms with Gasteiger partial charge in [0.2, 0.25) is 0 Å². The Morgan fingerprint density at radius 2 is 2.11 bits per heavy atom. The van der Waals surface area contributed by atoms with Crippen LogP contribution in [0.25, 0.3) is 11.0 Å². The largest absolute Gasteiger partial charge is 0.331 e. The molecule has 1 aromatic carbocycles. The van der Waals surface area contributed by atoms with Gasteiger partial charge in [-0.25, -0.2) is 4.98 Å². The third-order valence-electron chi connectivity index (χ3n) is 4.75. The zero-order valence-corrected chi connectivity index (χ0v) is 10.8. The summed E-state index contributed by atoms with van der Waals surface area (Å²) in [5.74, 6) is 1.94. The van der Waals surface area contributed by atoms with Crippen molar-refractivity contribution in [2.24, 2.45) is 12.8 Å². The lowest BCUT2D eigenvalue weighted by Gasteiger charge is -2.24. The van der Waals surface area contributed by atoms with E-state index < -0.39 is 0 Å². The molecule has 2 aromatic rings. The highest BCUT2D eigenvalue weighted by molar-refractivity contribution is 5.77. The third kappa shape index (κ3) is 1.37. The topological polar surface area (TPSA) is 43.8 Å². The van der Waals surface area contributed by atoms with Gasteiger partial charge in [-0.2, -0.15) is 0 Å². The maximum atomic E-state index is 6.27. The molecule has 0 radical (unpaired) electrons. The van der Waals surface area contributed by atoms with Crippen LogP contribution >= 0.6 is 0 Å². The predicted molar refractivity (Wildman–Crippen MR) is 72.4 cm³/mol. The van der Waals surface area contributed by atoms with Gasteiger partial charge in [0.15, 0.2) is 0 Å². The van der Waals surface area contributed by atoms with Crippen molar-refractivity contribution in [2.75, 3.05) is 0 Å². The minimum Gasteiger partial charge on any atom is -0.331 e. The molecule has 2 N–H and O–H groups in total. The standard InChI is InChI=1S/C15H19N3/c1-18-13-6-5-11(15(16)7-8-15)9-12(13)17-14(18)10-3-2-4-10/h5-6,9-10H,2-4,7-8,16H2,1H3. The minimum absolute atomic E-state index is 0.0532. The summed E-state index contributed by atoms with van der Waals surface area (Å²) < 4.78 is 2.26. The molecule has 2 aliphatic rings. The summed E-state index contributed by atoms with van der Waals surface area (Å²) >= 11 is 0. The normalized spacial score (nSPS) is 22.1. The SMILES string of the molecule is Cn1c(C2CCC2)nc2cc(C3(N)CC3)ccc21. The molecule has 2 aliphatic carbocycles. The van der Waals surface area contributed by atoms with Gasteiger partial charge in [0.05, 0.1) is 11.0 Å². The maximum absolute atomic E-state index is 6.27. The maximum Gasteiger partial charge on any atom is 0.112 e. The van der Waals surface area contributed by atoms with Gasteiger partial charge in [0.25, 0.3) is 0 Å². The fourth-order valence-corrected chi connectivity index (χ4v) is 2.98. The van der Waals surface area contributed by atoms with E-state index in [0.717, 1.165) is 18.4 Å². The number of benzene rings is 1. The van der Waals surface area contributed by atoms with E-state index in [1.165, 1.54) is 36.2 Å². The third-order valence-corrected chi connectivity index (χ3v) is 4.75. The van der Waals surface area contributed by atoms with Crippen molar-refractivity contribution < 1.29 is 0 Å². The Balaban J connectivity index is 1.84. The second-order valence-electron chi connectivity index (χ2n) is 6.02. The summed E-state index contributed by atoms with van der Waals surface area (Å²) in [7, 11) is 2.14. The molecular formula is C15H19N3. The Morgan fingerprint density at radius 1 is 1.33 bits per heavy atom. The predicted octanol–water partition coefficient (Wildman–Crippen LogP) is 2.79. The Morgan fingerprint density at radius 3 is 2.72 bits per heavy atom. The highest BCUT2D eigenvalue weighted by Gasteiger charge is 2.40. The highest BCUT2D eigenvalue weighted by Crippen LogP contribution is 2.43. The molecule has 0 aliphatic heterocycles. The first kappa shape index (κ1) is 10.6. The Kier molecular flexibility index (Phi) is 1.97. The van der Waals surface area contributed by atoms with Gasteiger partial charge in [-0.05, 0) is 43.4 Å². The van der Waals surface area contributed by atoms with Crippen molar-refractivity contribution in [1.82, 2.24) is 9.55 Å². The van der Waals surface area contributed by atoms with Crippen molar-refractivity contribution in [3.63, 3.8) is 0 Å². The summed E-state index contributed by atoms with van der Waals surface area (Å²) in [6.07, 6.45) is 6.17. The number of aryl methyl sites for hydroxylation is 1. The zero-order valence-electron chi connectivity index (χ0n) is 10.8. The van der Waals surface area contributed by atoms with E-state index in [1.807, 2.05) is 0 Å². The summed E-state index contributed by atoms with van der Waals surface area (Å²) in [5.41, 5.74) is 9.83. The number of nitrogens with zero attached hydrogens (tertiary/aromatic N) is 2. The molecule has 0 unspecified atom stereocenters. The Bertz CT molecular complexity index is 618. The average molecular weight is 241 g/mol. The number of hydrogen-bond donors (Lipinski definition) is 1. The van der Waals surface area contributed by atoms with E-state index in [0.29, 0.717) is 5.92 Å². The molecule has 2 saturated carbocycles. The molecule has 94 valence electrons. The Labute approximate surface area is 107 Å². The fraction of sp³-hybridized carbons (Fsp3) is 0.533. The fourth-order valence-electron chi connectivity index (χ4n) is 2.98. The van der Waals surface area contributed by atoms with E-state index in [4.69, 9.17) is 10.7 Å². The zero-order chi connectivity index (χ0) is 12.3. The van der Waals surface area contributed by atoms with Crippen LogP contribution in [0.15, 0.2) is 18.2 Å². The summed E-state index contributed by atoms with van der Waals surface area (Å²) in [5, 5.41) is 0. The second-order valence-corrected chi connectivity index (χ2v) is 6.02. The van der Waals surface area contributed by atoms with Crippen LogP contribution in [0, 0.1) is 0 Å². The van der Waals surface area contributed by atoms with Crippen molar-refractivity contribution in [2.45, 2.75) is 43.6 Å². The molecule has 0 saturated heterocycles. The number of rotatable bonds is 2. The quantitative estimate of drug-likeness (QED) is 0.878. The molecule has 3 heteroatoms. The van der Waals surface area contributed by atoms with Crippen molar-refractivity contribution in [3.05, 3.63) is 29.6 Å². The lowest BCUT2D eigenvalue weighted by Crippen LogP contribution is -2.18. The van der Waals surface area contributed by atoms with Gasteiger partial charge in [-0.1, -0.05) is 12.5 Å². The first-order valence-corrected chi connectivity index (χ1v) is 6.93. The van der Waals surface area contributed by atoms with Crippen LogP contribution in [0.2, 0.25) is 0 Å². The smallest absolute Gasteiger partial charge is 0.112 e. The molecule has 2 fully saturated rings. The Hall–Kier alpha value is -1.35. The van der Waals surface area contributed by atoms with Gasteiger partial charge in [-0.3, -0.25) is 0 Å². The van der Waals surface area contributed by atoms with Crippen LogP contribution in [0.1, 0.15) is 49.4 Å². The van der Waals surface area contributed by atoms with E-state index in [1.54, 1.807) is 0 Å². The summed E-state index contributed by atoms with van der Waals surface area (Å²) in [6.45, 7) is 0. The first-order valence-electron chi connectivity index (χ1n) is 6.93. The van der Waals surface area contributed by atoms with Crippen LogP contribution in [0.3, 0.4) is 0 Å². The number of fused-ring (bicyclic) bond motifs is 1. The molecule has 0 spiro atoms. The number of imidazole rings is 1. The molecule has 0 bridgehead atoms. The van der Waals surface area contributed by atoms with Crippen LogP contribution in [-0.4, -0.2) is 9.55 Å². The number of hydrogen-bond acceptors (Lipinski definition) is 2. The van der Waals surface area contributed by atoms with E-state index in [9.17, 15) is 0 Å². The van der Waals surface area contributed by atoms with Crippen LogP contribution in [0.4, 0.5) is 0 Å². The van der Waals surface area contributed by atoms with Gasteiger partial charge in [0, 0.05) is 18.5 Å². The lowest BCUT2D eigenvalue weighted by atomic mass is 9.85. The van der Waals surface area contributed by atoms with E-state index in [-0.39, 0.29) is 5.54 Å². The van der Waals surface area contributed by atoms with Crippen molar-refractivity contribution >= 4 is 11.0 Å². The molecule has 0 atom stereocenters. The van der Waals surface area contributed by atoms with E-state index >= 15 is 0 Å².